The zero-order valence-corrected chi connectivity index (χ0v) is 15.5. The van der Waals surface area contributed by atoms with Crippen molar-refractivity contribution in [2.24, 2.45) is 5.92 Å². The van der Waals surface area contributed by atoms with Crippen LogP contribution in [-0.4, -0.2) is 47.8 Å². The van der Waals surface area contributed by atoms with Crippen LogP contribution in [0, 0.1) is 5.92 Å². The Morgan fingerprint density at radius 2 is 2.04 bits per heavy atom. The Hall–Kier alpha value is -2.07. The standard InChI is InChI=1S/C16H15ClF3N3O3S/c17-10-1-2-11-12(7-10)27-14(21-11)22-13(24)9-3-5-23(6-4-9)15(25)26-8-16(18,19)20/h1-2,7,9H,3-6,8H2,(H,21,22,24). The van der Waals surface area contributed by atoms with Gasteiger partial charge in [0.25, 0.3) is 0 Å². The van der Waals surface area contributed by atoms with Gasteiger partial charge < -0.3 is 15.0 Å². The number of alkyl halides is 3. The fourth-order valence-electron chi connectivity index (χ4n) is 2.72. The number of piperidine rings is 1. The van der Waals surface area contributed by atoms with E-state index in [-0.39, 0.29) is 24.9 Å². The van der Waals surface area contributed by atoms with Crippen LogP contribution in [0.1, 0.15) is 12.8 Å². The van der Waals surface area contributed by atoms with Gasteiger partial charge in [0.05, 0.1) is 10.2 Å². The molecule has 27 heavy (non-hydrogen) atoms. The fraction of sp³-hybridized carbons (Fsp3) is 0.438. The van der Waals surface area contributed by atoms with E-state index < -0.39 is 18.9 Å². The van der Waals surface area contributed by atoms with E-state index in [1.165, 1.54) is 16.2 Å². The van der Waals surface area contributed by atoms with Crippen molar-refractivity contribution in [3.8, 4) is 0 Å². The molecule has 0 radical (unpaired) electrons. The number of likely N-dealkylation sites (tertiary alicyclic amines) is 1. The molecule has 1 aromatic heterocycles. The first-order chi connectivity index (χ1) is 12.7. The maximum atomic E-state index is 12.4. The maximum absolute atomic E-state index is 12.4. The van der Waals surface area contributed by atoms with Crippen molar-refractivity contribution < 1.29 is 27.5 Å². The molecule has 0 spiro atoms. The zero-order chi connectivity index (χ0) is 19.6. The third-order valence-electron chi connectivity index (χ3n) is 4.06. The highest BCUT2D eigenvalue weighted by atomic mass is 35.5. The molecule has 3 rings (SSSR count). The molecule has 2 amide bonds. The van der Waals surface area contributed by atoms with Gasteiger partial charge >= 0.3 is 12.3 Å². The maximum Gasteiger partial charge on any atom is 0.422 e. The molecule has 0 aliphatic carbocycles. The molecule has 2 heterocycles. The summed E-state index contributed by atoms with van der Waals surface area (Å²) in [5.74, 6) is -0.587. The van der Waals surface area contributed by atoms with Crippen LogP contribution in [0.25, 0.3) is 10.2 Å². The van der Waals surface area contributed by atoms with Gasteiger partial charge in [0.2, 0.25) is 5.91 Å². The second-order valence-corrected chi connectivity index (χ2v) is 7.52. The summed E-state index contributed by atoms with van der Waals surface area (Å²) >= 11 is 7.23. The normalized spacial score (nSPS) is 15.8. The lowest BCUT2D eigenvalue weighted by Gasteiger charge is -2.30. The minimum atomic E-state index is -4.56. The average Bonchev–Trinajstić information content (AvgIpc) is 3.00. The lowest BCUT2D eigenvalue weighted by Crippen LogP contribution is -2.42. The molecule has 1 N–H and O–H groups in total. The molecule has 1 fully saturated rings. The van der Waals surface area contributed by atoms with E-state index in [1.807, 2.05) is 0 Å². The van der Waals surface area contributed by atoms with Gasteiger partial charge in [0, 0.05) is 24.0 Å². The van der Waals surface area contributed by atoms with Crippen LogP contribution < -0.4 is 5.32 Å². The smallest absolute Gasteiger partial charge is 0.422 e. The van der Waals surface area contributed by atoms with Crippen LogP contribution in [0.15, 0.2) is 18.2 Å². The van der Waals surface area contributed by atoms with Gasteiger partial charge in [-0.25, -0.2) is 9.78 Å². The highest BCUT2D eigenvalue weighted by molar-refractivity contribution is 7.22. The number of hydrogen-bond donors (Lipinski definition) is 1. The van der Waals surface area contributed by atoms with Gasteiger partial charge in [-0.1, -0.05) is 22.9 Å². The van der Waals surface area contributed by atoms with Crippen molar-refractivity contribution in [1.29, 1.82) is 0 Å². The number of nitrogens with one attached hydrogen (secondary N) is 1. The molecule has 146 valence electrons. The van der Waals surface area contributed by atoms with Crippen LogP contribution in [0.2, 0.25) is 5.02 Å². The minimum Gasteiger partial charge on any atom is -0.440 e. The summed E-state index contributed by atoms with van der Waals surface area (Å²) in [7, 11) is 0. The quantitative estimate of drug-likeness (QED) is 0.802. The summed E-state index contributed by atoms with van der Waals surface area (Å²) < 4.78 is 41.4. The van der Waals surface area contributed by atoms with E-state index in [0.29, 0.717) is 23.0 Å². The zero-order valence-electron chi connectivity index (χ0n) is 13.9. The molecule has 11 heteroatoms. The number of thiazole rings is 1. The lowest BCUT2D eigenvalue weighted by atomic mass is 9.96. The predicted octanol–water partition coefficient (Wildman–Crippen LogP) is 4.30. The van der Waals surface area contributed by atoms with E-state index in [9.17, 15) is 22.8 Å². The van der Waals surface area contributed by atoms with E-state index in [4.69, 9.17) is 11.6 Å². The first-order valence-electron chi connectivity index (χ1n) is 8.07. The number of amides is 2. The first-order valence-corrected chi connectivity index (χ1v) is 9.26. The number of nitrogens with zero attached hydrogens (tertiary/aromatic N) is 2. The molecule has 1 aromatic carbocycles. The molecule has 1 saturated heterocycles. The van der Waals surface area contributed by atoms with Crippen LogP contribution in [-0.2, 0) is 9.53 Å². The monoisotopic (exact) mass is 421 g/mol. The molecule has 2 aromatic rings. The van der Waals surface area contributed by atoms with Crippen molar-refractivity contribution >= 4 is 50.3 Å². The number of anilines is 1. The summed E-state index contributed by atoms with van der Waals surface area (Å²) in [5, 5.41) is 3.78. The second kappa shape index (κ2) is 7.89. The molecular formula is C16H15ClF3N3O3S. The minimum absolute atomic E-state index is 0.157. The Balaban J connectivity index is 1.51. The number of carbonyl (C=O) groups is 2. The predicted molar refractivity (Wildman–Crippen MR) is 95.0 cm³/mol. The van der Waals surface area contributed by atoms with Gasteiger partial charge in [-0.3, -0.25) is 4.79 Å². The molecule has 0 saturated carbocycles. The van der Waals surface area contributed by atoms with Gasteiger partial charge in [-0.15, -0.1) is 0 Å². The first kappa shape index (κ1) is 19.7. The van der Waals surface area contributed by atoms with Gasteiger partial charge in [0.15, 0.2) is 11.7 Å². The third-order valence-corrected chi connectivity index (χ3v) is 5.23. The second-order valence-electron chi connectivity index (χ2n) is 6.05. The molecule has 0 unspecified atom stereocenters. The van der Waals surface area contributed by atoms with Gasteiger partial charge in [0.1, 0.15) is 0 Å². The Labute approximate surface area is 161 Å². The van der Waals surface area contributed by atoms with Crippen molar-refractivity contribution in [3.05, 3.63) is 23.2 Å². The number of carbonyl (C=O) groups excluding carboxylic acids is 2. The van der Waals surface area contributed by atoms with Crippen molar-refractivity contribution in [2.45, 2.75) is 19.0 Å². The Morgan fingerprint density at radius 1 is 1.33 bits per heavy atom. The molecule has 0 atom stereocenters. The fourth-order valence-corrected chi connectivity index (χ4v) is 3.86. The number of rotatable bonds is 3. The van der Waals surface area contributed by atoms with Crippen LogP contribution in [0.3, 0.4) is 0 Å². The van der Waals surface area contributed by atoms with E-state index in [0.717, 1.165) is 10.2 Å². The van der Waals surface area contributed by atoms with Crippen LogP contribution in [0.5, 0.6) is 0 Å². The topological polar surface area (TPSA) is 71.5 Å². The lowest BCUT2D eigenvalue weighted by molar-refractivity contribution is -0.162. The Kier molecular flexibility index (Phi) is 5.75. The molecule has 0 bridgehead atoms. The average molecular weight is 422 g/mol. The van der Waals surface area contributed by atoms with Crippen molar-refractivity contribution in [2.75, 3.05) is 25.0 Å². The van der Waals surface area contributed by atoms with Crippen molar-refractivity contribution in [3.63, 3.8) is 0 Å². The number of fused-ring (bicyclic) bond motifs is 1. The summed E-state index contributed by atoms with van der Waals surface area (Å²) in [6, 6.07) is 5.23. The molecule has 1 aliphatic heterocycles. The number of benzene rings is 1. The number of ether oxygens (including phenoxy) is 1. The SMILES string of the molecule is O=C(Nc1nc2ccc(Cl)cc2s1)C1CCN(C(=O)OCC(F)(F)F)CC1. The molecular weight excluding hydrogens is 407 g/mol. The highest BCUT2D eigenvalue weighted by Gasteiger charge is 2.33. The number of aromatic nitrogens is 1. The van der Waals surface area contributed by atoms with E-state index in [2.05, 4.69) is 15.0 Å². The van der Waals surface area contributed by atoms with Crippen molar-refractivity contribution in [1.82, 2.24) is 9.88 Å². The Bertz CT molecular complexity index is 850. The molecule has 1 aliphatic rings. The largest absolute Gasteiger partial charge is 0.440 e. The number of halogens is 4. The van der Waals surface area contributed by atoms with Gasteiger partial charge in [-0.2, -0.15) is 13.2 Å². The third kappa shape index (κ3) is 5.23. The van der Waals surface area contributed by atoms with Crippen LogP contribution >= 0.6 is 22.9 Å². The summed E-state index contributed by atoms with van der Waals surface area (Å²) in [6.07, 6.45) is -4.91. The summed E-state index contributed by atoms with van der Waals surface area (Å²) in [6.45, 7) is -1.30. The Morgan fingerprint density at radius 3 is 2.70 bits per heavy atom. The number of hydrogen-bond acceptors (Lipinski definition) is 5. The van der Waals surface area contributed by atoms with E-state index >= 15 is 0 Å². The van der Waals surface area contributed by atoms with Crippen LogP contribution in [0.4, 0.5) is 23.1 Å². The molecule has 6 nitrogen and oxygen atoms in total. The summed E-state index contributed by atoms with van der Waals surface area (Å²) in [5.41, 5.74) is 0.724. The van der Waals surface area contributed by atoms with Gasteiger partial charge in [-0.05, 0) is 31.0 Å². The van der Waals surface area contributed by atoms with E-state index in [1.54, 1.807) is 18.2 Å². The highest BCUT2D eigenvalue weighted by Crippen LogP contribution is 2.29. The summed E-state index contributed by atoms with van der Waals surface area (Å²) in [4.78, 5) is 29.5.